The number of methoxy groups -OCH3 is 2. The second kappa shape index (κ2) is 11.2. The fourth-order valence-corrected chi connectivity index (χ4v) is 5.44. The molecule has 3 aromatic rings. The minimum Gasteiger partial charge on any atom is -0.497 e. The van der Waals surface area contributed by atoms with Crippen LogP contribution in [0.4, 0.5) is 0 Å². The first-order valence-electron chi connectivity index (χ1n) is 12.9. The lowest BCUT2D eigenvalue weighted by atomic mass is 9.69. The summed E-state index contributed by atoms with van der Waals surface area (Å²) in [5.74, 6) is 1.95. The number of carboxylic acid groups (broad SMARTS) is 1. The highest BCUT2D eigenvalue weighted by molar-refractivity contribution is 5.70. The number of carboxylic acids is 1. The van der Waals surface area contributed by atoms with Crippen molar-refractivity contribution in [2.24, 2.45) is 5.92 Å². The normalized spacial score (nSPS) is 17.5. The van der Waals surface area contributed by atoms with Crippen LogP contribution in [0.15, 0.2) is 78.9 Å². The van der Waals surface area contributed by atoms with E-state index in [0.717, 1.165) is 53.3 Å². The molecule has 198 valence electrons. The summed E-state index contributed by atoms with van der Waals surface area (Å²) in [6.45, 7) is 2.30. The summed E-state index contributed by atoms with van der Waals surface area (Å²) in [7, 11) is 3.32. The number of aliphatic carboxylic acids is 1. The van der Waals surface area contributed by atoms with E-state index < -0.39 is 11.4 Å². The van der Waals surface area contributed by atoms with Gasteiger partial charge in [-0.15, -0.1) is 0 Å². The molecular weight excluding hydrogens is 482 g/mol. The zero-order chi connectivity index (χ0) is 26.5. The Morgan fingerprint density at radius 3 is 2.16 bits per heavy atom. The van der Waals surface area contributed by atoms with Crippen LogP contribution in [0.3, 0.4) is 0 Å². The fourth-order valence-electron chi connectivity index (χ4n) is 5.44. The Kier molecular flexibility index (Phi) is 7.56. The van der Waals surface area contributed by atoms with Crippen molar-refractivity contribution >= 4 is 5.97 Å². The van der Waals surface area contributed by atoms with E-state index in [0.29, 0.717) is 18.8 Å². The van der Waals surface area contributed by atoms with Gasteiger partial charge in [0.15, 0.2) is 11.5 Å². The van der Waals surface area contributed by atoms with Crippen LogP contribution in [-0.2, 0) is 10.2 Å². The molecule has 1 saturated heterocycles. The number of nitrogens with zero attached hydrogens (tertiary/aromatic N) is 1. The highest BCUT2D eigenvalue weighted by Gasteiger charge is 2.35. The third-order valence-corrected chi connectivity index (χ3v) is 7.50. The van der Waals surface area contributed by atoms with E-state index in [1.54, 1.807) is 14.2 Å². The van der Waals surface area contributed by atoms with Gasteiger partial charge in [0.2, 0.25) is 6.79 Å². The average Bonchev–Trinajstić information content (AvgIpc) is 3.44. The zero-order valence-corrected chi connectivity index (χ0v) is 21.8. The summed E-state index contributed by atoms with van der Waals surface area (Å²) in [5.41, 5.74) is 2.47. The summed E-state index contributed by atoms with van der Waals surface area (Å²) in [5, 5.41) is 9.53. The second-order valence-corrected chi connectivity index (χ2v) is 9.67. The zero-order valence-electron chi connectivity index (χ0n) is 21.8. The van der Waals surface area contributed by atoms with Crippen molar-refractivity contribution in [3.05, 3.63) is 95.6 Å². The van der Waals surface area contributed by atoms with Crippen LogP contribution in [0, 0.1) is 5.92 Å². The van der Waals surface area contributed by atoms with Gasteiger partial charge in [-0.2, -0.15) is 0 Å². The maximum atomic E-state index is 11.6. The van der Waals surface area contributed by atoms with E-state index in [9.17, 15) is 9.90 Å². The van der Waals surface area contributed by atoms with Crippen LogP contribution >= 0.6 is 0 Å². The molecule has 0 radical (unpaired) electrons. The van der Waals surface area contributed by atoms with Gasteiger partial charge < -0.3 is 24.1 Å². The Labute approximate surface area is 223 Å². The number of piperidine rings is 1. The number of benzene rings is 3. The molecule has 0 bridgehead atoms. The van der Waals surface area contributed by atoms with Gasteiger partial charge in [0.25, 0.3) is 0 Å². The second-order valence-electron chi connectivity index (χ2n) is 9.67. The summed E-state index contributed by atoms with van der Waals surface area (Å²) >= 11 is 0. The van der Waals surface area contributed by atoms with Gasteiger partial charge in [-0.05, 0) is 72.5 Å². The molecule has 1 atom stereocenters. The van der Waals surface area contributed by atoms with E-state index in [-0.39, 0.29) is 12.7 Å². The summed E-state index contributed by atoms with van der Waals surface area (Å²) in [6, 6.07) is 22.3. The van der Waals surface area contributed by atoms with Crippen molar-refractivity contribution in [1.29, 1.82) is 0 Å². The van der Waals surface area contributed by atoms with Crippen LogP contribution in [0.1, 0.15) is 29.5 Å². The van der Waals surface area contributed by atoms with Gasteiger partial charge in [0.05, 0.1) is 25.6 Å². The minimum absolute atomic E-state index is 0.201. The van der Waals surface area contributed by atoms with Crippen LogP contribution in [0.25, 0.3) is 0 Å². The topological polar surface area (TPSA) is 77.5 Å². The van der Waals surface area contributed by atoms with Gasteiger partial charge in [-0.25, -0.2) is 0 Å². The van der Waals surface area contributed by atoms with E-state index in [2.05, 4.69) is 47.4 Å². The number of fused-ring (bicyclic) bond motifs is 1. The highest BCUT2D eigenvalue weighted by atomic mass is 16.7. The first-order chi connectivity index (χ1) is 18.5. The largest absolute Gasteiger partial charge is 0.497 e. The standard InChI is InChI=1S/C31H33NO6/c1-35-26-11-6-23(7-12-26)31(24-8-13-27(36-2)14-9-24,25-10-15-28-29(19-25)38-21-37-28)16-4-18-32-17-3-5-22(20-32)30(33)34/h4,6-16,19,22H,3,5,17-18,20-21H2,1-2H3,(H,33,34)/b16-4-. The molecule has 2 aliphatic rings. The third-order valence-electron chi connectivity index (χ3n) is 7.50. The Balaban J connectivity index is 1.62. The molecule has 1 fully saturated rings. The summed E-state index contributed by atoms with van der Waals surface area (Å²) in [6.07, 6.45) is 5.99. The Morgan fingerprint density at radius 2 is 1.55 bits per heavy atom. The predicted molar refractivity (Wildman–Crippen MR) is 144 cm³/mol. The van der Waals surface area contributed by atoms with Gasteiger partial charge >= 0.3 is 5.97 Å². The molecular formula is C31H33NO6. The number of carbonyl (C=O) groups is 1. The van der Waals surface area contributed by atoms with E-state index in [1.165, 1.54) is 0 Å². The van der Waals surface area contributed by atoms with Crippen LogP contribution in [-0.4, -0.2) is 56.6 Å². The number of ether oxygens (including phenoxy) is 4. The van der Waals surface area contributed by atoms with Crippen molar-refractivity contribution in [1.82, 2.24) is 4.90 Å². The van der Waals surface area contributed by atoms with Crippen LogP contribution < -0.4 is 18.9 Å². The molecule has 1 N–H and O–H groups in total. The maximum absolute atomic E-state index is 11.6. The molecule has 38 heavy (non-hydrogen) atoms. The molecule has 5 rings (SSSR count). The molecule has 0 amide bonds. The Bertz CT molecular complexity index is 1240. The van der Waals surface area contributed by atoms with Crippen molar-refractivity contribution in [3.63, 3.8) is 0 Å². The van der Waals surface area contributed by atoms with Crippen molar-refractivity contribution in [2.45, 2.75) is 18.3 Å². The van der Waals surface area contributed by atoms with Crippen molar-refractivity contribution in [3.8, 4) is 23.0 Å². The van der Waals surface area contributed by atoms with Gasteiger partial charge in [-0.1, -0.05) is 42.5 Å². The maximum Gasteiger partial charge on any atom is 0.307 e. The number of allylic oxidation sites excluding steroid dienone is 1. The lowest BCUT2D eigenvalue weighted by Crippen LogP contribution is -2.38. The van der Waals surface area contributed by atoms with Gasteiger partial charge in [0.1, 0.15) is 11.5 Å². The number of hydrogen-bond donors (Lipinski definition) is 1. The first-order valence-corrected chi connectivity index (χ1v) is 12.9. The predicted octanol–water partition coefficient (Wildman–Crippen LogP) is 5.12. The minimum atomic E-state index is -0.718. The van der Waals surface area contributed by atoms with E-state index >= 15 is 0 Å². The molecule has 7 heteroatoms. The SMILES string of the molecule is COc1ccc(C(/C=C\CN2CCCC(C(=O)O)C2)(c2ccc(OC)cc2)c2ccc3c(c2)OCO3)cc1. The molecule has 3 aromatic carbocycles. The quantitative estimate of drug-likeness (QED) is 0.313. The lowest BCUT2D eigenvalue weighted by Gasteiger charge is -2.34. The van der Waals surface area contributed by atoms with Crippen LogP contribution in [0.5, 0.6) is 23.0 Å². The first kappa shape index (κ1) is 25.7. The monoisotopic (exact) mass is 515 g/mol. The molecule has 7 nitrogen and oxygen atoms in total. The number of hydrogen-bond acceptors (Lipinski definition) is 6. The summed E-state index contributed by atoms with van der Waals surface area (Å²) < 4.78 is 22.3. The molecule has 0 aliphatic carbocycles. The molecule has 2 aliphatic heterocycles. The molecule has 2 heterocycles. The third kappa shape index (κ3) is 5.07. The molecule has 1 unspecified atom stereocenters. The molecule has 0 spiro atoms. The Morgan fingerprint density at radius 1 is 0.947 bits per heavy atom. The lowest BCUT2D eigenvalue weighted by molar-refractivity contribution is -0.143. The highest BCUT2D eigenvalue weighted by Crippen LogP contribution is 2.45. The smallest absolute Gasteiger partial charge is 0.307 e. The number of rotatable bonds is 9. The van der Waals surface area contributed by atoms with Crippen molar-refractivity contribution in [2.75, 3.05) is 40.6 Å². The Hall–Kier alpha value is -3.97. The number of likely N-dealkylation sites (tertiary alicyclic amines) is 1. The van der Waals surface area contributed by atoms with Crippen molar-refractivity contribution < 1.29 is 28.8 Å². The van der Waals surface area contributed by atoms with Gasteiger partial charge in [0, 0.05) is 13.1 Å². The molecule has 0 aromatic heterocycles. The average molecular weight is 516 g/mol. The van der Waals surface area contributed by atoms with E-state index in [4.69, 9.17) is 18.9 Å². The fraction of sp³-hybridized carbons (Fsp3) is 0.323. The summed E-state index contributed by atoms with van der Waals surface area (Å²) in [4.78, 5) is 13.8. The molecule has 0 saturated carbocycles. The van der Waals surface area contributed by atoms with Gasteiger partial charge in [-0.3, -0.25) is 9.69 Å². The van der Waals surface area contributed by atoms with Crippen LogP contribution in [0.2, 0.25) is 0 Å². The van der Waals surface area contributed by atoms with E-state index in [1.807, 2.05) is 36.4 Å².